The molecule has 0 aromatic rings. The molecule has 0 aliphatic carbocycles. The van der Waals surface area contributed by atoms with Crippen molar-refractivity contribution in [1.82, 2.24) is 10.6 Å². The first kappa shape index (κ1) is 13.9. The second kappa shape index (κ2) is 5.70. The molecule has 0 bridgehead atoms. The molecule has 0 spiro atoms. The second-order valence-electron chi connectivity index (χ2n) is 3.87. The van der Waals surface area contributed by atoms with Crippen molar-refractivity contribution in [2.45, 2.75) is 39.3 Å². The van der Waals surface area contributed by atoms with E-state index in [0.717, 1.165) is 0 Å². The molecule has 0 aromatic carbocycles. The minimum Gasteiger partial charge on any atom is -0.467 e. The summed E-state index contributed by atoms with van der Waals surface area (Å²) < 4.78 is 4.51. The van der Waals surface area contributed by atoms with Gasteiger partial charge in [0.1, 0.15) is 6.04 Å². The van der Waals surface area contributed by atoms with E-state index in [1.54, 1.807) is 20.8 Å². The van der Waals surface area contributed by atoms with Gasteiger partial charge in [0.2, 0.25) is 5.91 Å². The van der Waals surface area contributed by atoms with Gasteiger partial charge >= 0.3 is 5.97 Å². The molecule has 0 rings (SSSR count). The van der Waals surface area contributed by atoms with Crippen LogP contribution in [0.4, 0.5) is 0 Å². The average molecular weight is 216 g/mol. The van der Waals surface area contributed by atoms with E-state index in [-0.39, 0.29) is 5.91 Å². The fraction of sp³-hybridized carbons (Fsp3) is 0.800. The van der Waals surface area contributed by atoms with Gasteiger partial charge in [0.25, 0.3) is 0 Å². The third-order valence-corrected chi connectivity index (χ3v) is 2.09. The van der Waals surface area contributed by atoms with Crippen LogP contribution in [0, 0.1) is 0 Å². The normalized spacial score (nSPS) is 13.1. The van der Waals surface area contributed by atoms with E-state index in [2.05, 4.69) is 15.4 Å². The number of amides is 1. The molecular weight excluding hydrogens is 196 g/mol. The van der Waals surface area contributed by atoms with Crippen LogP contribution in [0.5, 0.6) is 0 Å². The summed E-state index contributed by atoms with van der Waals surface area (Å²) in [4.78, 5) is 22.8. The lowest BCUT2D eigenvalue weighted by Gasteiger charge is -2.25. The highest BCUT2D eigenvalue weighted by Crippen LogP contribution is 2.02. The Bertz CT molecular complexity index is 239. The number of carbonyl (C=O) groups is 2. The average Bonchev–Trinajstić information content (AvgIpc) is 2.16. The second-order valence-corrected chi connectivity index (χ2v) is 3.87. The van der Waals surface area contributed by atoms with Crippen molar-refractivity contribution in [3.63, 3.8) is 0 Å². The zero-order valence-corrected chi connectivity index (χ0v) is 10.0. The Morgan fingerprint density at radius 1 is 1.40 bits per heavy atom. The number of esters is 1. The Kier molecular flexibility index (Phi) is 5.28. The van der Waals surface area contributed by atoms with Crippen LogP contribution in [0.2, 0.25) is 0 Å². The minimum atomic E-state index is -0.684. The summed E-state index contributed by atoms with van der Waals surface area (Å²) in [6, 6.07) is -0.625. The molecule has 0 aromatic heterocycles. The molecule has 0 radical (unpaired) electrons. The predicted molar refractivity (Wildman–Crippen MR) is 57.4 cm³/mol. The molecule has 2 N–H and O–H groups in total. The summed E-state index contributed by atoms with van der Waals surface area (Å²) in [5.41, 5.74) is -0.684. The molecule has 5 nitrogen and oxygen atoms in total. The molecule has 0 heterocycles. The summed E-state index contributed by atoms with van der Waals surface area (Å²) in [7, 11) is 1.29. The van der Waals surface area contributed by atoms with Crippen molar-refractivity contribution in [1.29, 1.82) is 0 Å². The number of nitrogens with one attached hydrogen (secondary N) is 2. The summed E-state index contributed by atoms with van der Waals surface area (Å²) >= 11 is 0. The fourth-order valence-electron chi connectivity index (χ4n) is 1.13. The summed E-state index contributed by atoms with van der Waals surface area (Å²) in [5.74, 6) is -0.669. The van der Waals surface area contributed by atoms with E-state index in [1.807, 2.05) is 6.92 Å². The fourth-order valence-corrected chi connectivity index (χ4v) is 1.13. The van der Waals surface area contributed by atoms with Gasteiger partial charge in [0.05, 0.1) is 12.6 Å². The van der Waals surface area contributed by atoms with E-state index in [1.165, 1.54) is 7.11 Å². The predicted octanol–water partition coefficient (Wildman–Crippen LogP) is 0.0522. The SMILES string of the molecule is CCNC(C)(C)C(=O)NC(C)C(=O)OC. The van der Waals surface area contributed by atoms with Crippen molar-refractivity contribution in [2.75, 3.05) is 13.7 Å². The molecule has 1 amide bonds. The standard InChI is InChI=1S/C10H20N2O3/c1-6-11-10(3,4)9(14)12-7(2)8(13)15-5/h7,11H,6H2,1-5H3,(H,12,14). The van der Waals surface area contributed by atoms with Gasteiger partial charge in [-0.3, -0.25) is 4.79 Å². The Morgan fingerprint density at radius 2 is 1.93 bits per heavy atom. The van der Waals surface area contributed by atoms with Crippen LogP contribution in [0.1, 0.15) is 27.7 Å². The first-order valence-electron chi connectivity index (χ1n) is 4.99. The van der Waals surface area contributed by atoms with E-state index in [9.17, 15) is 9.59 Å². The Morgan fingerprint density at radius 3 is 2.33 bits per heavy atom. The molecule has 0 saturated heterocycles. The smallest absolute Gasteiger partial charge is 0.328 e. The third-order valence-electron chi connectivity index (χ3n) is 2.09. The number of ether oxygens (including phenoxy) is 1. The van der Waals surface area contributed by atoms with Crippen molar-refractivity contribution in [2.24, 2.45) is 0 Å². The van der Waals surface area contributed by atoms with Gasteiger partial charge in [0, 0.05) is 0 Å². The van der Waals surface area contributed by atoms with Crippen LogP contribution >= 0.6 is 0 Å². The van der Waals surface area contributed by atoms with Gasteiger partial charge in [-0.15, -0.1) is 0 Å². The summed E-state index contributed by atoms with van der Waals surface area (Å²) in [5, 5.41) is 5.60. The zero-order chi connectivity index (χ0) is 12.1. The van der Waals surface area contributed by atoms with E-state index >= 15 is 0 Å². The Hall–Kier alpha value is -1.10. The lowest BCUT2D eigenvalue weighted by atomic mass is 10.0. The topological polar surface area (TPSA) is 67.4 Å². The summed E-state index contributed by atoms with van der Waals surface area (Å²) in [6.07, 6.45) is 0. The number of likely N-dealkylation sites (N-methyl/N-ethyl adjacent to an activating group) is 1. The van der Waals surface area contributed by atoms with Gasteiger partial charge in [-0.1, -0.05) is 6.92 Å². The molecule has 0 saturated carbocycles. The number of hydrogen-bond donors (Lipinski definition) is 2. The number of hydrogen-bond acceptors (Lipinski definition) is 4. The quantitative estimate of drug-likeness (QED) is 0.637. The molecular formula is C10H20N2O3. The Balaban J connectivity index is 4.29. The van der Waals surface area contributed by atoms with Crippen LogP contribution in [0.15, 0.2) is 0 Å². The highest BCUT2D eigenvalue weighted by atomic mass is 16.5. The van der Waals surface area contributed by atoms with Crippen LogP contribution in [0.25, 0.3) is 0 Å². The summed E-state index contributed by atoms with van der Waals surface area (Å²) in [6.45, 7) is 7.71. The largest absolute Gasteiger partial charge is 0.467 e. The molecule has 0 aliphatic rings. The van der Waals surface area contributed by atoms with Gasteiger partial charge in [-0.2, -0.15) is 0 Å². The van der Waals surface area contributed by atoms with E-state index < -0.39 is 17.6 Å². The maximum atomic E-state index is 11.7. The number of carbonyl (C=O) groups excluding carboxylic acids is 2. The Labute approximate surface area is 90.6 Å². The highest BCUT2D eigenvalue weighted by molar-refractivity contribution is 5.89. The van der Waals surface area contributed by atoms with Gasteiger partial charge in [-0.25, -0.2) is 4.79 Å². The highest BCUT2D eigenvalue weighted by Gasteiger charge is 2.28. The van der Waals surface area contributed by atoms with Crippen molar-refractivity contribution in [3.8, 4) is 0 Å². The molecule has 15 heavy (non-hydrogen) atoms. The molecule has 88 valence electrons. The molecule has 0 fully saturated rings. The third kappa shape index (κ3) is 4.29. The molecule has 5 heteroatoms. The maximum absolute atomic E-state index is 11.7. The van der Waals surface area contributed by atoms with Crippen molar-refractivity contribution in [3.05, 3.63) is 0 Å². The maximum Gasteiger partial charge on any atom is 0.328 e. The van der Waals surface area contributed by atoms with E-state index in [4.69, 9.17) is 0 Å². The molecule has 1 atom stereocenters. The molecule has 1 unspecified atom stereocenters. The number of rotatable bonds is 5. The first-order chi connectivity index (χ1) is 6.85. The van der Waals surface area contributed by atoms with Crippen LogP contribution < -0.4 is 10.6 Å². The van der Waals surface area contributed by atoms with Crippen LogP contribution in [0.3, 0.4) is 0 Å². The van der Waals surface area contributed by atoms with Crippen LogP contribution in [-0.4, -0.2) is 37.1 Å². The lowest BCUT2D eigenvalue weighted by molar-refractivity contribution is -0.145. The molecule has 0 aliphatic heterocycles. The monoisotopic (exact) mass is 216 g/mol. The first-order valence-corrected chi connectivity index (χ1v) is 4.99. The lowest BCUT2D eigenvalue weighted by Crippen LogP contribution is -2.55. The van der Waals surface area contributed by atoms with Gasteiger partial charge in [0.15, 0.2) is 0 Å². The number of methoxy groups -OCH3 is 1. The van der Waals surface area contributed by atoms with Crippen LogP contribution in [-0.2, 0) is 14.3 Å². The van der Waals surface area contributed by atoms with Crippen molar-refractivity contribution >= 4 is 11.9 Å². The van der Waals surface area contributed by atoms with E-state index in [0.29, 0.717) is 6.54 Å². The minimum absolute atomic E-state index is 0.220. The van der Waals surface area contributed by atoms with Gasteiger partial charge < -0.3 is 15.4 Å². The zero-order valence-electron chi connectivity index (χ0n) is 10.0. The van der Waals surface area contributed by atoms with Gasteiger partial charge in [-0.05, 0) is 27.3 Å². The van der Waals surface area contributed by atoms with Crippen molar-refractivity contribution < 1.29 is 14.3 Å².